The summed E-state index contributed by atoms with van der Waals surface area (Å²) in [5.74, 6) is 0.562. The molecule has 0 aliphatic heterocycles. The van der Waals surface area contributed by atoms with E-state index in [4.69, 9.17) is 11.6 Å². The Bertz CT molecular complexity index is 416. The molecular weight excluding hydrogens is 266 g/mol. The van der Waals surface area contributed by atoms with Gasteiger partial charge in [0.15, 0.2) is 0 Å². The highest BCUT2D eigenvalue weighted by atomic mass is 35.5. The van der Waals surface area contributed by atoms with Gasteiger partial charge in [0, 0.05) is 11.4 Å². The van der Waals surface area contributed by atoms with Crippen LogP contribution in [0.1, 0.15) is 43.0 Å². The van der Waals surface area contributed by atoms with E-state index in [1.54, 1.807) is 11.3 Å². The van der Waals surface area contributed by atoms with Gasteiger partial charge in [-0.05, 0) is 42.2 Å². The number of aryl methyl sites for hydroxylation is 1. The molecule has 4 heteroatoms. The molecule has 1 aromatic heterocycles. The Hall–Kier alpha value is -0.540. The highest BCUT2D eigenvalue weighted by molar-refractivity contribution is 7.10. The standard InChI is InChI=1S/C14H20ClNOS/c1-9(2)12(15)8-16-14(17)11-4-3-5-13-10(11)6-7-18-13/h6-7,9,11-12H,3-5,8H2,1-2H3,(H,16,17). The number of rotatable bonds is 4. The van der Waals surface area contributed by atoms with Gasteiger partial charge < -0.3 is 5.32 Å². The van der Waals surface area contributed by atoms with Gasteiger partial charge in [-0.3, -0.25) is 4.79 Å². The summed E-state index contributed by atoms with van der Waals surface area (Å²) in [6, 6.07) is 2.10. The second kappa shape index (κ2) is 6.07. The molecule has 2 nitrogen and oxygen atoms in total. The Balaban J connectivity index is 1.95. The summed E-state index contributed by atoms with van der Waals surface area (Å²) in [5.41, 5.74) is 1.24. The first-order chi connectivity index (χ1) is 8.59. The summed E-state index contributed by atoms with van der Waals surface area (Å²) in [4.78, 5) is 13.6. The summed E-state index contributed by atoms with van der Waals surface area (Å²) in [7, 11) is 0. The zero-order valence-electron chi connectivity index (χ0n) is 10.9. The Morgan fingerprint density at radius 1 is 1.61 bits per heavy atom. The van der Waals surface area contributed by atoms with Crippen molar-refractivity contribution >= 4 is 28.8 Å². The highest BCUT2D eigenvalue weighted by Crippen LogP contribution is 2.34. The molecule has 0 saturated carbocycles. The van der Waals surface area contributed by atoms with Crippen molar-refractivity contribution in [1.82, 2.24) is 5.32 Å². The molecule has 100 valence electrons. The smallest absolute Gasteiger partial charge is 0.227 e. The average Bonchev–Trinajstić information content (AvgIpc) is 2.83. The lowest BCUT2D eigenvalue weighted by Gasteiger charge is -2.23. The number of alkyl halides is 1. The van der Waals surface area contributed by atoms with Gasteiger partial charge in [-0.15, -0.1) is 22.9 Å². The van der Waals surface area contributed by atoms with Gasteiger partial charge in [0.1, 0.15) is 0 Å². The first-order valence-electron chi connectivity index (χ1n) is 6.57. The van der Waals surface area contributed by atoms with Gasteiger partial charge in [-0.2, -0.15) is 0 Å². The van der Waals surface area contributed by atoms with Crippen molar-refractivity contribution in [2.75, 3.05) is 6.54 Å². The second-order valence-corrected chi connectivity index (χ2v) is 6.81. The number of carbonyl (C=O) groups is 1. The number of thiophene rings is 1. The summed E-state index contributed by atoms with van der Waals surface area (Å²) in [6.07, 6.45) is 3.20. The largest absolute Gasteiger partial charge is 0.354 e. The Morgan fingerprint density at radius 3 is 3.11 bits per heavy atom. The topological polar surface area (TPSA) is 29.1 Å². The van der Waals surface area contributed by atoms with E-state index < -0.39 is 0 Å². The molecule has 2 atom stereocenters. The van der Waals surface area contributed by atoms with E-state index in [0.29, 0.717) is 12.5 Å². The lowest BCUT2D eigenvalue weighted by Crippen LogP contribution is -2.36. The summed E-state index contributed by atoms with van der Waals surface area (Å²) >= 11 is 7.93. The SMILES string of the molecule is CC(C)C(Cl)CNC(=O)C1CCCc2sccc21. The Morgan fingerprint density at radius 2 is 2.39 bits per heavy atom. The maximum Gasteiger partial charge on any atom is 0.227 e. The van der Waals surface area contributed by atoms with Gasteiger partial charge in [-0.25, -0.2) is 0 Å². The van der Waals surface area contributed by atoms with E-state index in [-0.39, 0.29) is 17.2 Å². The highest BCUT2D eigenvalue weighted by Gasteiger charge is 2.27. The third-order valence-corrected chi connectivity index (χ3v) is 5.22. The molecule has 0 bridgehead atoms. The number of nitrogens with one attached hydrogen (secondary N) is 1. The Labute approximate surface area is 118 Å². The van der Waals surface area contributed by atoms with E-state index in [1.165, 1.54) is 10.4 Å². The molecule has 1 amide bonds. The first kappa shape index (κ1) is 13.9. The second-order valence-electron chi connectivity index (χ2n) is 5.25. The third kappa shape index (κ3) is 3.07. The van der Waals surface area contributed by atoms with Crippen LogP contribution >= 0.6 is 22.9 Å². The van der Waals surface area contributed by atoms with E-state index >= 15 is 0 Å². The maximum absolute atomic E-state index is 12.2. The quantitative estimate of drug-likeness (QED) is 0.842. The van der Waals surface area contributed by atoms with E-state index in [2.05, 4.69) is 30.6 Å². The molecule has 0 fully saturated rings. The van der Waals surface area contributed by atoms with Crippen molar-refractivity contribution < 1.29 is 4.79 Å². The number of halogens is 1. The number of carbonyl (C=O) groups excluding carboxylic acids is 1. The minimum Gasteiger partial charge on any atom is -0.354 e. The van der Waals surface area contributed by atoms with E-state index in [0.717, 1.165) is 19.3 Å². The number of hydrogen-bond acceptors (Lipinski definition) is 2. The van der Waals surface area contributed by atoms with E-state index in [1.807, 2.05) is 0 Å². The van der Waals surface area contributed by atoms with Crippen molar-refractivity contribution in [2.45, 2.75) is 44.4 Å². The average molecular weight is 286 g/mol. The summed E-state index contributed by atoms with van der Waals surface area (Å²) in [5, 5.41) is 5.10. The molecule has 0 radical (unpaired) electrons. The molecule has 1 aromatic rings. The molecular formula is C14H20ClNOS. The lowest BCUT2D eigenvalue weighted by molar-refractivity contribution is -0.122. The van der Waals surface area contributed by atoms with Crippen LogP contribution in [0.25, 0.3) is 0 Å². The fourth-order valence-electron chi connectivity index (χ4n) is 2.32. The fraction of sp³-hybridized carbons (Fsp3) is 0.643. The minimum atomic E-state index is 0.0134. The molecule has 2 rings (SSSR count). The molecule has 0 spiro atoms. The van der Waals surface area contributed by atoms with Gasteiger partial charge in [0.2, 0.25) is 5.91 Å². The van der Waals surface area contributed by atoms with Gasteiger partial charge >= 0.3 is 0 Å². The van der Waals surface area contributed by atoms with Crippen LogP contribution in [0.4, 0.5) is 0 Å². The van der Waals surface area contributed by atoms with Crippen LogP contribution in [0.5, 0.6) is 0 Å². The van der Waals surface area contributed by atoms with Crippen molar-refractivity contribution in [2.24, 2.45) is 5.92 Å². The maximum atomic E-state index is 12.2. The van der Waals surface area contributed by atoms with Gasteiger partial charge in [0.05, 0.1) is 11.3 Å². The summed E-state index contributed by atoms with van der Waals surface area (Å²) < 4.78 is 0. The number of fused-ring (bicyclic) bond motifs is 1. The first-order valence-corrected chi connectivity index (χ1v) is 7.89. The van der Waals surface area contributed by atoms with Crippen molar-refractivity contribution in [3.05, 3.63) is 21.9 Å². The Kier molecular flexibility index (Phi) is 4.68. The zero-order valence-corrected chi connectivity index (χ0v) is 12.5. The molecule has 0 aromatic carbocycles. The van der Waals surface area contributed by atoms with Crippen LogP contribution in [-0.2, 0) is 11.2 Å². The number of hydrogen-bond donors (Lipinski definition) is 1. The minimum absolute atomic E-state index is 0.0134. The van der Waals surface area contributed by atoms with Crippen LogP contribution in [0.2, 0.25) is 0 Å². The molecule has 1 N–H and O–H groups in total. The van der Waals surface area contributed by atoms with Crippen molar-refractivity contribution in [3.8, 4) is 0 Å². The predicted molar refractivity (Wildman–Crippen MR) is 77.5 cm³/mol. The van der Waals surface area contributed by atoms with Gasteiger partial charge in [-0.1, -0.05) is 13.8 Å². The van der Waals surface area contributed by atoms with E-state index in [9.17, 15) is 4.79 Å². The van der Waals surface area contributed by atoms with Crippen LogP contribution in [-0.4, -0.2) is 17.8 Å². The normalized spacial score (nSPS) is 20.6. The van der Waals surface area contributed by atoms with Crippen LogP contribution < -0.4 is 5.32 Å². The fourth-order valence-corrected chi connectivity index (χ4v) is 3.38. The lowest BCUT2D eigenvalue weighted by atomic mass is 9.87. The number of amides is 1. The predicted octanol–water partition coefficient (Wildman–Crippen LogP) is 3.55. The van der Waals surface area contributed by atoms with Gasteiger partial charge in [0.25, 0.3) is 0 Å². The molecule has 1 aliphatic carbocycles. The summed E-state index contributed by atoms with van der Waals surface area (Å²) in [6.45, 7) is 4.71. The molecule has 0 saturated heterocycles. The molecule has 2 unspecified atom stereocenters. The molecule has 1 aliphatic rings. The molecule has 18 heavy (non-hydrogen) atoms. The van der Waals surface area contributed by atoms with Crippen LogP contribution in [0.15, 0.2) is 11.4 Å². The molecule has 1 heterocycles. The van der Waals surface area contributed by atoms with Crippen LogP contribution in [0, 0.1) is 5.92 Å². The van der Waals surface area contributed by atoms with Crippen LogP contribution in [0.3, 0.4) is 0 Å². The van der Waals surface area contributed by atoms with Crippen molar-refractivity contribution in [1.29, 1.82) is 0 Å². The van der Waals surface area contributed by atoms with Crippen molar-refractivity contribution in [3.63, 3.8) is 0 Å². The third-order valence-electron chi connectivity index (χ3n) is 3.56. The zero-order chi connectivity index (χ0) is 13.1. The monoisotopic (exact) mass is 285 g/mol.